The predicted octanol–water partition coefficient (Wildman–Crippen LogP) is 0.616. The monoisotopic (exact) mass is 267 g/mol. The van der Waals surface area contributed by atoms with E-state index in [2.05, 4.69) is 10.1 Å². The number of hydrogen-bond acceptors (Lipinski definition) is 5. The van der Waals surface area contributed by atoms with E-state index in [0.717, 1.165) is 6.42 Å². The molecule has 1 aromatic heterocycles. The second kappa shape index (κ2) is 7.40. The Bertz CT molecular complexity index is 483. The average molecular weight is 267 g/mol. The fraction of sp³-hybridized carbons (Fsp3) is 0.583. The van der Waals surface area contributed by atoms with E-state index >= 15 is 0 Å². The average Bonchev–Trinajstić information content (AvgIpc) is 2.43. The van der Waals surface area contributed by atoms with Crippen LogP contribution in [0.3, 0.4) is 0 Å². The molecule has 3 N–H and O–H groups in total. The van der Waals surface area contributed by atoms with Gasteiger partial charge in [0.2, 0.25) is 0 Å². The summed E-state index contributed by atoms with van der Waals surface area (Å²) in [7, 11) is 0. The van der Waals surface area contributed by atoms with Gasteiger partial charge in [0, 0.05) is 38.4 Å². The Morgan fingerprint density at radius 3 is 2.89 bits per heavy atom. The molecular weight excluding hydrogens is 246 g/mol. The van der Waals surface area contributed by atoms with E-state index in [-0.39, 0.29) is 11.4 Å². The highest BCUT2D eigenvalue weighted by Crippen LogP contribution is 2.04. The maximum absolute atomic E-state index is 12.2. The van der Waals surface area contributed by atoms with Crippen molar-refractivity contribution in [2.75, 3.05) is 18.0 Å². The van der Waals surface area contributed by atoms with Crippen molar-refractivity contribution in [3.63, 3.8) is 0 Å². The van der Waals surface area contributed by atoms with Gasteiger partial charge in [0.15, 0.2) is 5.82 Å². The molecule has 0 saturated carbocycles. The third-order valence-electron chi connectivity index (χ3n) is 2.81. The highest BCUT2D eigenvalue weighted by atomic mass is 16.4. The first-order valence-electron chi connectivity index (χ1n) is 6.40. The summed E-state index contributed by atoms with van der Waals surface area (Å²) >= 11 is 0. The van der Waals surface area contributed by atoms with Crippen LogP contribution in [0.1, 0.15) is 26.7 Å². The summed E-state index contributed by atoms with van der Waals surface area (Å²) in [6.45, 7) is 5.75. The fourth-order valence-corrected chi connectivity index (χ4v) is 1.78. The molecule has 0 aliphatic heterocycles. The smallest absolute Gasteiger partial charge is 0.293 e. The van der Waals surface area contributed by atoms with E-state index in [9.17, 15) is 4.79 Å². The summed E-state index contributed by atoms with van der Waals surface area (Å²) in [6.07, 6.45) is 4.58. The zero-order chi connectivity index (χ0) is 14.3. The van der Waals surface area contributed by atoms with Gasteiger partial charge in [0.25, 0.3) is 5.56 Å². The highest BCUT2D eigenvalue weighted by molar-refractivity contribution is 5.80. The van der Waals surface area contributed by atoms with Gasteiger partial charge in [0.1, 0.15) is 5.84 Å². The van der Waals surface area contributed by atoms with Crippen LogP contribution in [0.15, 0.2) is 22.3 Å². The minimum atomic E-state index is -0.106. The number of nitrogens with zero attached hydrogens (tertiary/aromatic N) is 4. The molecule has 19 heavy (non-hydrogen) atoms. The topological polar surface area (TPSA) is 96.7 Å². The van der Waals surface area contributed by atoms with Gasteiger partial charge in [-0.05, 0) is 13.3 Å². The minimum Gasteiger partial charge on any atom is -0.409 e. The van der Waals surface area contributed by atoms with E-state index in [1.165, 1.54) is 0 Å². The Balaban J connectivity index is 2.92. The standard InChI is InChI=1S/C12H21N5O2/c1-3-7-17-9-6-14-11(12(17)18)16(4-2)8-5-10(13)15-19/h6,9,19H,3-5,7-8H2,1-2H3,(H2,13,15). The lowest BCUT2D eigenvalue weighted by molar-refractivity contribution is 0.317. The molecule has 0 fully saturated rings. The van der Waals surface area contributed by atoms with Gasteiger partial charge in [-0.15, -0.1) is 0 Å². The van der Waals surface area contributed by atoms with Crippen molar-refractivity contribution in [3.05, 3.63) is 22.7 Å². The molecule has 7 heteroatoms. The normalized spacial score (nSPS) is 11.6. The number of aryl methyl sites for hydroxylation is 1. The molecule has 0 spiro atoms. The van der Waals surface area contributed by atoms with Crippen molar-refractivity contribution in [1.82, 2.24) is 9.55 Å². The van der Waals surface area contributed by atoms with E-state index in [1.807, 2.05) is 18.7 Å². The fourth-order valence-electron chi connectivity index (χ4n) is 1.78. The Hall–Kier alpha value is -2.05. The molecule has 0 aromatic carbocycles. The number of aromatic nitrogens is 2. The molecule has 1 heterocycles. The summed E-state index contributed by atoms with van der Waals surface area (Å²) in [5.74, 6) is 0.549. The molecule has 0 bridgehead atoms. The second-order valence-corrected chi connectivity index (χ2v) is 4.17. The van der Waals surface area contributed by atoms with E-state index in [1.54, 1.807) is 17.0 Å². The van der Waals surface area contributed by atoms with Crippen LogP contribution in [-0.4, -0.2) is 33.7 Å². The summed E-state index contributed by atoms with van der Waals surface area (Å²) in [6, 6.07) is 0. The van der Waals surface area contributed by atoms with Crippen LogP contribution in [0, 0.1) is 0 Å². The SMILES string of the molecule is CCCn1ccnc(N(CC)CCC(N)=NO)c1=O. The first-order chi connectivity index (χ1) is 9.13. The van der Waals surface area contributed by atoms with E-state index in [0.29, 0.717) is 31.9 Å². The summed E-state index contributed by atoms with van der Waals surface area (Å²) in [4.78, 5) is 18.2. The Morgan fingerprint density at radius 2 is 2.32 bits per heavy atom. The zero-order valence-corrected chi connectivity index (χ0v) is 11.4. The largest absolute Gasteiger partial charge is 0.409 e. The molecule has 0 saturated heterocycles. The van der Waals surface area contributed by atoms with Crippen molar-refractivity contribution in [2.24, 2.45) is 10.9 Å². The molecule has 106 valence electrons. The Morgan fingerprint density at radius 1 is 1.58 bits per heavy atom. The zero-order valence-electron chi connectivity index (χ0n) is 11.4. The molecule has 7 nitrogen and oxygen atoms in total. The molecule has 0 amide bonds. The Labute approximate surface area is 112 Å². The van der Waals surface area contributed by atoms with Crippen LogP contribution in [0.5, 0.6) is 0 Å². The molecule has 0 aliphatic carbocycles. The van der Waals surface area contributed by atoms with Crippen molar-refractivity contribution in [3.8, 4) is 0 Å². The van der Waals surface area contributed by atoms with Crippen LogP contribution in [0.4, 0.5) is 5.82 Å². The lowest BCUT2D eigenvalue weighted by Crippen LogP contribution is -2.35. The molecule has 1 rings (SSSR count). The van der Waals surface area contributed by atoms with Crippen LogP contribution >= 0.6 is 0 Å². The van der Waals surface area contributed by atoms with Crippen LogP contribution in [0.2, 0.25) is 0 Å². The first-order valence-corrected chi connectivity index (χ1v) is 6.40. The number of rotatable bonds is 7. The van der Waals surface area contributed by atoms with Gasteiger partial charge in [-0.1, -0.05) is 12.1 Å². The van der Waals surface area contributed by atoms with Crippen LogP contribution < -0.4 is 16.2 Å². The lowest BCUT2D eigenvalue weighted by Gasteiger charge is -2.21. The van der Waals surface area contributed by atoms with Gasteiger partial charge in [-0.2, -0.15) is 0 Å². The summed E-state index contributed by atoms with van der Waals surface area (Å²) in [5, 5.41) is 11.4. The molecule has 0 aliphatic rings. The molecule has 0 radical (unpaired) electrons. The highest BCUT2D eigenvalue weighted by Gasteiger charge is 2.12. The molecule has 0 atom stereocenters. The molecule has 1 aromatic rings. The number of nitrogens with two attached hydrogens (primary N) is 1. The number of amidine groups is 1. The minimum absolute atomic E-state index is 0.106. The number of hydrogen-bond donors (Lipinski definition) is 2. The third-order valence-corrected chi connectivity index (χ3v) is 2.81. The predicted molar refractivity (Wildman–Crippen MR) is 74.7 cm³/mol. The second-order valence-electron chi connectivity index (χ2n) is 4.17. The lowest BCUT2D eigenvalue weighted by atomic mass is 10.3. The maximum atomic E-state index is 12.2. The van der Waals surface area contributed by atoms with Gasteiger partial charge >= 0.3 is 0 Å². The van der Waals surface area contributed by atoms with E-state index in [4.69, 9.17) is 10.9 Å². The third kappa shape index (κ3) is 3.97. The van der Waals surface area contributed by atoms with Crippen LogP contribution in [0.25, 0.3) is 0 Å². The van der Waals surface area contributed by atoms with Gasteiger partial charge in [-0.25, -0.2) is 4.98 Å². The van der Waals surface area contributed by atoms with Gasteiger partial charge < -0.3 is 20.4 Å². The van der Waals surface area contributed by atoms with Crippen LogP contribution in [-0.2, 0) is 6.54 Å². The van der Waals surface area contributed by atoms with Gasteiger partial charge in [0.05, 0.1) is 0 Å². The quantitative estimate of drug-likeness (QED) is 0.326. The van der Waals surface area contributed by atoms with Crippen molar-refractivity contribution >= 4 is 11.7 Å². The number of anilines is 1. The van der Waals surface area contributed by atoms with E-state index < -0.39 is 0 Å². The first kappa shape index (κ1) is 15.0. The Kier molecular flexibility index (Phi) is 5.84. The summed E-state index contributed by atoms with van der Waals surface area (Å²) < 4.78 is 1.65. The van der Waals surface area contributed by atoms with Gasteiger partial charge in [-0.3, -0.25) is 4.79 Å². The van der Waals surface area contributed by atoms with Crippen molar-refractivity contribution in [1.29, 1.82) is 0 Å². The summed E-state index contributed by atoms with van der Waals surface area (Å²) in [5.41, 5.74) is 5.33. The maximum Gasteiger partial charge on any atom is 0.293 e. The van der Waals surface area contributed by atoms with Crippen molar-refractivity contribution < 1.29 is 5.21 Å². The molecule has 0 unspecified atom stereocenters. The van der Waals surface area contributed by atoms with Crippen molar-refractivity contribution in [2.45, 2.75) is 33.2 Å². The molecular formula is C12H21N5O2. The number of oxime groups is 1.